The van der Waals surface area contributed by atoms with Gasteiger partial charge in [0.05, 0.1) is 33.6 Å². The van der Waals surface area contributed by atoms with Crippen LogP contribution in [0.4, 0.5) is 0 Å². The summed E-state index contributed by atoms with van der Waals surface area (Å²) < 4.78 is 21.0. The Morgan fingerprint density at radius 1 is 1.45 bits per heavy atom. The van der Waals surface area contributed by atoms with Crippen LogP contribution in [0.5, 0.6) is 0 Å². The summed E-state index contributed by atoms with van der Waals surface area (Å²) in [6.45, 7) is 7.41. The molecule has 0 bridgehead atoms. The summed E-state index contributed by atoms with van der Waals surface area (Å²) in [6.07, 6.45) is 2.99. The molecule has 0 amide bonds. The smallest absolute Gasteiger partial charge is 0.340 e. The van der Waals surface area contributed by atoms with E-state index in [1.54, 1.807) is 31.3 Å². The fraction of sp³-hybridized carbons (Fsp3) is 0.300. The van der Waals surface area contributed by atoms with Gasteiger partial charge in [-0.2, -0.15) is 9.66 Å². The Hall–Kier alpha value is -2.21. The number of ether oxygens (including phenoxy) is 1. The molecule has 0 radical (unpaired) electrons. The van der Waals surface area contributed by atoms with E-state index in [4.69, 9.17) is 16.3 Å². The normalized spacial score (nSPS) is 12.6. The zero-order valence-corrected chi connectivity index (χ0v) is 18.8. The summed E-state index contributed by atoms with van der Waals surface area (Å²) in [6, 6.07) is 8.43. The predicted octanol–water partition coefficient (Wildman–Crippen LogP) is 4.82. The number of nitrogens with zero attached hydrogens (tertiary/aromatic N) is 3. The van der Waals surface area contributed by atoms with Gasteiger partial charge in [-0.3, -0.25) is 0 Å². The molecule has 0 saturated carbocycles. The van der Waals surface area contributed by atoms with Crippen molar-refractivity contribution in [3.63, 3.8) is 0 Å². The lowest BCUT2D eigenvalue weighted by Crippen LogP contribution is -2.19. The summed E-state index contributed by atoms with van der Waals surface area (Å²) in [5.74, 6) is -0.489. The van der Waals surface area contributed by atoms with Crippen LogP contribution in [0.1, 0.15) is 49.2 Å². The molecule has 1 aromatic carbocycles. The highest BCUT2D eigenvalue weighted by Crippen LogP contribution is 2.37. The van der Waals surface area contributed by atoms with Crippen LogP contribution < -0.4 is 0 Å². The second-order valence-corrected chi connectivity index (χ2v) is 10.1. The minimum Gasteiger partial charge on any atom is -0.462 e. The molecule has 0 spiro atoms. The average Bonchev–Trinajstić information content (AvgIpc) is 2.67. The van der Waals surface area contributed by atoms with Crippen molar-refractivity contribution in [2.24, 2.45) is 4.40 Å². The van der Waals surface area contributed by atoms with Crippen LogP contribution in [0.3, 0.4) is 0 Å². The van der Waals surface area contributed by atoms with Gasteiger partial charge in [0, 0.05) is 22.9 Å². The highest BCUT2D eigenvalue weighted by Gasteiger charge is 2.20. The number of hydrogen-bond donors (Lipinski definition) is 0. The van der Waals surface area contributed by atoms with Crippen molar-refractivity contribution in [1.82, 2.24) is 4.98 Å². The summed E-state index contributed by atoms with van der Waals surface area (Å²) >= 11 is 7.56. The zero-order valence-electron chi connectivity index (χ0n) is 16.4. The molecule has 29 heavy (non-hydrogen) atoms. The summed E-state index contributed by atoms with van der Waals surface area (Å²) in [5.41, 5.74) is 1.16. The third kappa shape index (κ3) is 6.13. The second kappa shape index (κ2) is 10.0. The molecule has 0 N–H and O–H groups in total. The van der Waals surface area contributed by atoms with E-state index in [-0.39, 0.29) is 6.61 Å². The summed E-state index contributed by atoms with van der Waals surface area (Å²) in [4.78, 5) is 17.0. The first-order chi connectivity index (χ1) is 13.7. The molecule has 0 aliphatic carbocycles. The molecule has 0 saturated heterocycles. The van der Waals surface area contributed by atoms with E-state index in [1.165, 1.54) is 12.3 Å². The molecule has 1 unspecified atom stereocenters. The van der Waals surface area contributed by atoms with Gasteiger partial charge in [-0.1, -0.05) is 23.4 Å². The van der Waals surface area contributed by atoms with Gasteiger partial charge in [-0.15, -0.1) is 0 Å². The Morgan fingerprint density at radius 2 is 2.17 bits per heavy atom. The third-order valence-corrected chi connectivity index (χ3v) is 6.41. The Bertz CT molecular complexity index is 1010. The number of hydrogen-bond acceptors (Lipinski definition) is 6. The number of carbonyl (C=O) groups excluding carboxylic acids is 1. The summed E-state index contributed by atoms with van der Waals surface area (Å²) in [7, 11) is -1.48. The second-order valence-electron chi connectivity index (χ2n) is 6.76. The molecular weight excluding hydrogens is 430 g/mol. The largest absolute Gasteiger partial charge is 0.462 e. The Labute approximate surface area is 181 Å². The molecular formula is C20H20ClN3O3S2. The van der Waals surface area contributed by atoms with Crippen molar-refractivity contribution in [2.45, 2.75) is 42.4 Å². The van der Waals surface area contributed by atoms with Gasteiger partial charge >= 0.3 is 5.97 Å². The minimum absolute atomic E-state index is 0.242. The first kappa shape index (κ1) is 23.1. The van der Waals surface area contributed by atoms with E-state index in [2.05, 4.69) is 9.38 Å². The monoisotopic (exact) mass is 449 g/mol. The zero-order chi connectivity index (χ0) is 21.6. The van der Waals surface area contributed by atoms with Crippen LogP contribution in [0.2, 0.25) is 5.02 Å². The van der Waals surface area contributed by atoms with Gasteiger partial charge in [-0.25, -0.2) is 14.0 Å². The number of nitriles is 1. The quantitative estimate of drug-likeness (QED) is 0.463. The van der Waals surface area contributed by atoms with Crippen molar-refractivity contribution in [1.29, 1.82) is 5.26 Å². The first-order valence-electron chi connectivity index (χ1n) is 8.67. The number of aromatic nitrogens is 1. The van der Waals surface area contributed by atoms with E-state index in [0.717, 1.165) is 11.8 Å². The molecule has 1 aromatic heterocycles. The molecule has 2 rings (SSSR count). The highest BCUT2D eigenvalue weighted by molar-refractivity contribution is 7.99. The van der Waals surface area contributed by atoms with Crippen molar-refractivity contribution in [3.8, 4) is 6.07 Å². The number of pyridine rings is 1. The van der Waals surface area contributed by atoms with Gasteiger partial charge in [0.1, 0.15) is 16.0 Å². The standard InChI is InChI=1S/C20H20ClN3O3S2/c1-5-27-19(25)15-7-6-8-23-18(15)28-17-14(9-13(11-22)10-16(17)21)12-24-29(26)20(2,3)4/h6-10,12H,5H2,1-4H3. The van der Waals surface area contributed by atoms with E-state index in [0.29, 0.717) is 31.6 Å². The van der Waals surface area contributed by atoms with Gasteiger partial charge in [-0.05, 0) is 52.0 Å². The Kier molecular flexibility index (Phi) is 7.96. The van der Waals surface area contributed by atoms with Crippen LogP contribution >= 0.6 is 23.4 Å². The molecule has 0 aliphatic rings. The molecule has 2 aromatic rings. The highest BCUT2D eigenvalue weighted by atomic mass is 35.5. The number of halogens is 1. The average molecular weight is 450 g/mol. The van der Waals surface area contributed by atoms with E-state index >= 15 is 0 Å². The van der Waals surface area contributed by atoms with E-state index in [9.17, 15) is 14.3 Å². The molecule has 152 valence electrons. The van der Waals surface area contributed by atoms with Gasteiger partial charge < -0.3 is 4.74 Å². The lowest BCUT2D eigenvalue weighted by molar-refractivity contribution is 0.0521. The molecule has 9 heteroatoms. The van der Waals surface area contributed by atoms with Crippen LogP contribution in [-0.4, -0.2) is 32.7 Å². The Morgan fingerprint density at radius 3 is 2.79 bits per heavy atom. The lowest BCUT2D eigenvalue weighted by atomic mass is 10.1. The van der Waals surface area contributed by atoms with Crippen molar-refractivity contribution in [2.75, 3.05) is 6.61 Å². The molecule has 1 atom stereocenters. The predicted molar refractivity (Wildman–Crippen MR) is 116 cm³/mol. The summed E-state index contributed by atoms with van der Waals surface area (Å²) in [5, 5.41) is 9.97. The number of carbonyl (C=O) groups is 1. The number of rotatable bonds is 6. The third-order valence-electron chi connectivity index (χ3n) is 3.48. The Balaban J connectivity index is 2.52. The fourth-order valence-electron chi connectivity index (χ4n) is 2.08. The molecule has 6 nitrogen and oxygen atoms in total. The first-order valence-corrected chi connectivity index (χ1v) is 11.0. The maximum Gasteiger partial charge on any atom is 0.340 e. The van der Waals surface area contributed by atoms with Crippen molar-refractivity contribution < 1.29 is 13.7 Å². The minimum atomic E-state index is -1.48. The van der Waals surface area contributed by atoms with Crippen LogP contribution in [0.25, 0.3) is 0 Å². The maximum absolute atomic E-state index is 12.3. The van der Waals surface area contributed by atoms with E-state index < -0.39 is 21.7 Å². The van der Waals surface area contributed by atoms with Crippen LogP contribution in [0.15, 0.2) is 44.8 Å². The topological polar surface area (TPSA) is 92.4 Å². The van der Waals surface area contributed by atoms with Crippen LogP contribution in [0, 0.1) is 11.3 Å². The molecule has 0 aliphatic heterocycles. The fourth-order valence-corrected chi connectivity index (χ4v) is 3.90. The van der Waals surface area contributed by atoms with Gasteiger partial charge in [0.2, 0.25) is 0 Å². The maximum atomic E-state index is 12.3. The molecule has 0 fully saturated rings. The van der Waals surface area contributed by atoms with Gasteiger partial charge in [0.15, 0.2) is 0 Å². The van der Waals surface area contributed by atoms with Gasteiger partial charge in [0.25, 0.3) is 0 Å². The van der Waals surface area contributed by atoms with Crippen LogP contribution in [-0.2, 0) is 15.7 Å². The lowest BCUT2D eigenvalue weighted by Gasteiger charge is -2.14. The molecule has 1 heterocycles. The van der Waals surface area contributed by atoms with Crippen molar-refractivity contribution in [3.05, 3.63) is 52.2 Å². The van der Waals surface area contributed by atoms with E-state index in [1.807, 2.05) is 26.8 Å². The number of benzene rings is 1. The van der Waals surface area contributed by atoms with Crippen molar-refractivity contribution >= 4 is 46.5 Å². The number of esters is 1. The SMILES string of the molecule is CCOC(=O)c1cccnc1Sc1c(Cl)cc(C#N)cc1C=NS(=O)C(C)(C)C.